The minimum atomic E-state index is -0.956. The topological polar surface area (TPSA) is 9.23 Å². The maximum absolute atomic E-state index is 13.2. The van der Waals surface area contributed by atoms with Crippen LogP contribution in [0.5, 0.6) is 11.5 Å². The summed E-state index contributed by atoms with van der Waals surface area (Å²) in [5, 5.41) is 0.532. The van der Waals surface area contributed by atoms with Gasteiger partial charge in [-0.1, -0.05) is 11.6 Å². The zero-order chi connectivity index (χ0) is 14.0. The monoisotopic (exact) mass is 302 g/mol. The lowest BCUT2D eigenvalue weighted by Gasteiger charge is -2.12. The van der Waals surface area contributed by atoms with Crippen LogP contribution in [0.3, 0.4) is 0 Å². The van der Waals surface area contributed by atoms with Gasteiger partial charge in [0.05, 0.1) is 5.88 Å². The summed E-state index contributed by atoms with van der Waals surface area (Å²) in [6.45, 7) is 1.63. The number of aryl methyl sites for hydroxylation is 1. The first-order valence-electron chi connectivity index (χ1n) is 5.49. The van der Waals surface area contributed by atoms with E-state index in [1.807, 2.05) is 0 Å². The molecule has 0 aromatic heterocycles. The molecule has 0 N–H and O–H groups in total. The number of benzene rings is 2. The third kappa shape index (κ3) is 3.17. The van der Waals surface area contributed by atoms with Crippen LogP contribution in [-0.2, 0) is 5.88 Å². The molecule has 0 saturated carbocycles. The van der Waals surface area contributed by atoms with Crippen LogP contribution in [-0.4, -0.2) is 0 Å². The van der Waals surface area contributed by atoms with Crippen LogP contribution < -0.4 is 4.74 Å². The molecule has 0 bridgehead atoms. The van der Waals surface area contributed by atoms with Crippen LogP contribution in [0, 0.1) is 18.6 Å². The highest BCUT2D eigenvalue weighted by atomic mass is 35.5. The summed E-state index contributed by atoms with van der Waals surface area (Å²) in [6.07, 6.45) is 0. The molecule has 0 aliphatic rings. The lowest BCUT2D eigenvalue weighted by Crippen LogP contribution is -1.94. The maximum Gasteiger partial charge on any atom is 0.162 e. The van der Waals surface area contributed by atoms with Crippen molar-refractivity contribution in [2.24, 2.45) is 0 Å². The number of hydrogen-bond acceptors (Lipinski definition) is 1. The summed E-state index contributed by atoms with van der Waals surface area (Å²) >= 11 is 11.6. The van der Waals surface area contributed by atoms with E-state index in [-0.39, 0.29) is 11.6 Å². The third-order valence-electron chi connectivity index (χ3n) is 2.60. The van der Waals surface area contributed by atoms with E-state index in [1.165, 1.54) is 0 Å². The van der Waals surface area contributed by atoms with Gasteiger partial charge in [-0.25, -0.2) is 8.78 Å². The van der Waals surface area contributed by atoms with Crippen LogP contribution in [0.4, 0.5) is 8.78 Å². The highest BCUT2D eigenvalue weighted by Gasteiger charge is 2.11. The lowest BCUT2D eigenvalue weighted by molar-refractivity contribution is 0.455. The normalized spacial score (nSPS) is 10.6. The molecule has 5 heteroatoms. The van der Waals surface area contributed by atoms with E-state index in [9.17, 15) is 8.78 Å². The lowest BCUT2D eigenvalue weighted by atomic mass is 10.2. The maximum atomic E-state index is 13.2. The number of alkyl halides is 1. The van der Waals surface area contributed by atoms with Crippen LogP contribution in [0.15, 0.2) is 30.3 Å². The van der Waals surface area contributed by atoms with Gasteiger partial charge >= 0.3 is 0 Å². The molecule has 0 aliphatic carbocycles. The Bertz CT molecular complexity index is 615. The highest BCUT2D eigenvalue weighted by Crippen LogP contribution is 2.31. The van der Waals surface area contributed by atoms with Crippen molar-refractivity contribution in [3.8, 4) is 11.5 Å². The molecule has 0 unspecified atom stereocenters. The Kier molecular flexibility index (Phi) is 4.27. The van der Waals surface area contributed by atoms with Gasteiger partial charge in [0.25, 0.3) is 0 Å². The average Bonchev–Trinajstić information content (AvgIpc) is 2.37. The summed E-state index contributed by atoms with van der Waals surface area (Å²) in [5.74, 6) is -0.944. The molecule has 0 radical (unpaired) electrons. The Hall–Kier alpha value is -1.32. The van der Waals surface area contributed by atoms with Gasteiger partial charge in [0, 0.05) is 16.7 Å². The first-order valence-corrected chi connectivity index (χ1v) is 6.40. The standard InChI is InChI=1S/C14H10Cl2F2O/c1-8-4-11(17)12(18)6-14(8)19-13-3-2-10(16)5-9(13)7-15/h2-6H,7H2,1H3. The molecular weight excluding hydrogens is 293 g/mol. The second kappa shape index (κ2) is 5.76. The van der Waals surface area contributed by atoms with Crippen molar-refractivity contribution in [3.05, 3.63) is 58.1 Å². The van der Waals surface area contributed by atoms with Gasteiger partial charge in [-0.3, -0.25) is 0 Å². The number of ether oxygens (including phenoxy) is 1. The van der Waals surface area contributed by atoms with Crippen molar-refractivity contribution in [3.63, 3.8) is 0 Å². The summed E-state index contributed by atoms with van der Waals surface area (Å²) in [4.78, 5) is 0. The average molecular weight is 303 g/mol. The van der Waals surface area contributed by atoms with Gasteiger partial charge in [0.1, 0.15) is 11.5 Å². The molecular formula is C14H10Cl2F2O. The van der Waals surface area contributed by atoms with Crippen molar-refractivity contribution >= 4 is 23.2 Å². The summed E-state index contributed by atoms with van der Waals surface area (Å²) in [5.41, 5.74) is 1.17. The minimum Gasteiger partial charge on any atom is -0.457 e. The molecule has 2 rings (SSSR count). The van der Waals surface area contributed by atoms with E-state index in [2.05, 4.69) is 0 Å². The molecule has 0 heterocycles. The molecule has 0 atom stereocenters. The Labute approximate surface area is 119 Å². The number of rotatable bonds is 3. The number of halogens is 4. The first kappa shape index (κ1) is 14.1. The van der Waals surface area contributed by atoms with Gasteiger partial charge in [0.15, 0.2) is 11.6 Å². The van der Waals surface area contributed by atoms with E-state index in [0.29, 0.717) is 21.9 Å². The molecule has 19 heavy (non-hydrogen) atoms. The van der Waals surface area contributed by atoms with E-state index in [0.717, 1.165) is 12.1 Å². The van der Waals surface area contributed by atoms with Crippen LogP contribution >= 0.6 is 23.2 Å². The Balaban J connectivity index is 2.39. The second-order valence-corrected chi connectivity index (χ2v) is 4.72. The smallest absolute Gasteiger partial charge is 0.162 e. The summed E-state index contributed by atoms with van der Waals surface area (Å²) in [6, 6.07) is 7.04. The molecule has 2 aromatic rings. The van der Waals surface area contributed by atoms with Gasteiger partial charge in [-0.2, -0.15) is 0 Å². The van der Waals surface area contributed by atoms with E-state index >= 15 is 0 Å². The van der Waals surface area contributed by atoms with E-state index in [4.69, 9.17) is 27.9 Å². The Morgan fingerprint density at radius 2 is 1.74 bits per heavy atom. The SMILES string of the molecule is Cc1cc(F)c(F)cc1Oc1ccc(Cl)cc1CCl. The second-order valence-electron chi connectivity index (χ2n) is 4.02. The van der Waals surface area contributed by atoms with Gasteiger partial charge < -0.3 is 4.74 Å². The molecule has 2 aromatic carbocycles. The van der Waals surface area contributed by atoms with E-state index < -0.39 is 11.6 Å². The summed E-state index contributed by atoms with van der Waals surface area (Å²) < 4.78 is 31.8. The van der Waals surface area contributed by atoms with Gasteiger partial charge in [-0.15, -0.1) is 11.6 Å². The van der Waals surface area contributed by atoms with Crippen molar-refractivity contribution in [1.82, 2.24) is 0 Å². The van der Waals surface area contributed by atoms with Crippen LogP contribution in [0.1, 0.15) is 11.1 Å². The van der Waals surface area contributed by atoms with Crippen LogP contribution in [0.2, 0.25) is 5.02 Å². The Morgan fingerprint density at radius 3 is 2.42 bits per heavy atom. The van der Waals surface area contributed by atoms with Crippen molar-refractivity contribution < 1.29 is 13.5 Å². The van der Waals surface area contributed by atoms with E-state index in [1.54, 1.807) is 25.1 Å². The molecule has 0 amide bonds. The van der Waals surface area contributed by atoms with Crippen molar-refractivity contribution in [2.75, 3.05) is 0 Å². The molecule has 0 aliphatic heterocycles. The first-order chi connectivity index (χ1) is 9.01. The van der Waals surface area contributed by atoms with Gasteiger partial charge in [-0.05, 0) is 36.8 Å². The van der Waals surface area contributed by atoms with Gasteiger partial charge in [0.2, 0.25) is 0 Å². The fourth-order valence-electron chi connectivity index (χ4n) is 1.61. The largest absolute Gasteiger partial charge is 0.457 e. The molecule has 100 valence electrons. The molecule has 0 saturated heterocycles. The predicted octanol–water partition coefficient (Wildman–Crippen LogP) is 5.46. The van der Waals surface area contributed by atoms with Crippen LogP contribution in [0.25, 0.3) is 0 Å². The fourth-order valence-corrected chi connectivity index (χ4v) is 2.01. The molecule has 0 spiro atoms. The van der Waals surface area contributed by atoms with Crippen molar-refractivity contribution in [2.45, 2.75) is 12.8 Å². The quantitative estimate of drug-likeness (QED) is 0.684. The molecule has 0 fully saturated rings. The Morgan fingerprint density at radius 1 is 1.05 bits per heavy atom. The minimum absolute atomic E-state index is 0.207. The van der Waals surface area contributed by atoms with Crippen molar-refractivity contribution in [1.29, 1.82) is 0 Å². The molecule has 1 nitrogen and oxygen atoms in total. The zero-order valence-electron chi connectivity index (χ0n) is 10.0. The fraction of sp³-hybridized carbons (Fsp3) is 0.143. The zero-order valence-corrected chi connectivity index (χ0v) is 11.5. The predicted molar refractivity (Wildman–Crippen MR) is 72.2 cm³/mol. The highest BCUT2D eigenvalue weighted by molar-refractivity contribution is 6.30. The summed E-state index contributed by atoms with van der Waals surface area (Å²) in [7, 11) is 0. The number of hydrogen-bond donors (Lipinski definition) is 0. The third-order valence-corrected chi connectivity index (χ3v) is 3.13.